The third-order valence-electron chi connectivity index (χ3n) is 7.29. The molecule has 200 valence electrons. The summed E-state index contributed by atoms with van der Waals surface area (Å²) in [6.07, 6.45) is 5.67. The first kappa shape index (κ1) is 24.9. The SMILES string of the molecule is COCCOc1n[nH]c(=O)c2c1nc(C1CCCCC1)n2Cc1ccc(-c2ccccc2-c2nn[nH]n2)cc1. The van der Waals surface area contributed by atoms with Gasteiger partial charge in [0, 0.05) is 25.1 Å². The highest BCUT2D eigenvalue weighted by Crippen LogP contribution is 2.35. The number of methoxy groups -OCH3 is 1. The fraction of sp³-hybridized carbons (Fsp3) is 0.357. The number of aromatic nitrogens is 8. The molecule has 3 heterocycles. The van der Waals surface area contributed by atoms with E-state index in [9.17, 15) is 4.79 Å². The Bertz CT molecular complexity index is 1600. The predicted octanol–water partition coefficient (Wildman–Crippen LogP) is 4.09. The van der Waals surface area contributed by atoms with Crippen molar-refractivity contribution in [3.05, 3.63) is 70.3 Å². The van der Waals surface area contributed by atoms with Crippen LogP contribution in [0.5, 0.6) is 5.88 Å². The van der Waals surface area contributed by atoms with Gasteiger partial charge in [-0.1, -0.05) is 67.8 Å². The predicted molar refractivity (Wildman–Crippen MR) is 145 cm³/mol. The van der Waals surface area contributed by atoms with Gasteiger partial charge in [0.15, 0.2) is 5.52 Å². The highest BCUT2D eigenvalue weighted by atomic mass is 16.5. The smallest absolute Gasteiger partial charge is 0.290 e. The Kier molecular flexibility index (Phi) is 7.13. The lowest BCUT2D eigenvalue weighted by atomic mass is 9.88. The molecule has 3 aromatic heterocycles. The fourth-order valence-corrected chi connectivity index (χ4v) is 5.39. The molecule has 0 atom stereocenters. The van der Waals surface area contributed by atoms with E-state index in [0.717, 1.165) is 53.8 Å². The number of aromatic amines is 2. The molecule has 0 bridgehead atoms. The molecule has 6 rings (SSSR count). The van der Waals surface area contributed by atoms with Crippen LogP contribution >= 0.6 is 0 Å². The Morgan fingerprint density at radius 3 is 2.51 bits per heavy atom. The zero-order chi connectivity index (χ0) is 26.6. The Labute approximate surface area is 224 Å². The summed E-state index contributed by atoms with van der Waals surface area (Å²) in [5, 5.41) is 21.3. The normalized spacial score (nSPS) is 14.2. The quantitative estimate of drug-likeness (QED) is 0.274. The molecule has 0 saturated heterocycles. The highest BCUT2D eigenvalue weighted by Gasteiger charge is 2.26. The van der Waals surface area contributed by atoms with Crippen LogP contribution in [0, 0.1) is 0 Å². The van der Waals surface area contributed by atoms with Crippen LogP contribution in [0.4, 0.5) is 0 Å². The number of H-pyrrole nitrogens is 2. The lowest BCUT2D eigenvalue weighted by Gasteiger charge is -2.22. The second-order valence-electron chi connectivity index (χ2n) is 9.77. The van der Waals surface area contributed by atoms with E-state index in [4.69, 9.17) is 14.5 Å². The first-order valence-corrected chi connectivity index (χ1v) is 13.3. The maximum atomic E-state index is 13.1. The van der Waals surface area contributed by atoms with Gasteiger partial charge in [-0.25, -0.2) is 10.1 Å². The number of nitrogens with zero attached hydrogens (tertiary/aromatic N) is 6. The minimum absolute atomic E-state index is 0.274. The van der Waals surface area contributed by atoms with E-state index in [-0.39, 0.29) is 5.56 Å². The number of fused-ring (bicyclic) bond motifs is 1. The number of tetrazole rings is 1. The molecule has 1 aliphatic rings. The first-order chi connectivity index (χ1) is 19.2. The van der Waals surface area contributed by atoms with Gasteiger partial charge in [-0.2, -0.15) is 5.21 Å². The molecule has 39 heavy (non-hydrogen) atoms. The van der Waals surface area contributed by atoms with Crippen molar-refractivity contribution in [2.75, 3.05) is 20.3 Å². The Morgan fingerprint density at radius 1 is 0.974 bits per heavy atom. The van der Waals surface area contributed by atoms with Crippen LogP contribution in [0.15, 0.2) is 53.3 Å². The summed E-state index contributed by atoms with van der Waals surface area (Å²) >= 11 is 0. The van der Waals surface area contributed by atoms with Crippen molar-refractivity contribution in [3.8, 4) is 28.4 Å². The second-order valence-corrected chi connectivity index (χ2v) is 9.77. The molecule has 0 amide bonds. The molecule has 0 unspecified atom stereocenters. The Hall–Kier alpha value is -4.38. The van der Waals surface area contributed by atoms with Crippen LogP contribution < -0.4 is 10.3 Å². The molecule has 11 nitrogen and oxygen atoms in total. The van der Waals surface area contributed by atoms with Gasteiger partial charge in [0.1, 0.15) is 17.9 Å². The van der Waals surface area contributed by atoms with E-state index in [1.54, 1.807) is 7.11 Å². The van der Waals surface area contributed by atoms with Crippen molar-refractivity contribution in [2.45, 2.75) is 44.6 Å². The average molecular weight is 527 g/mol. The second kappa shape index (κ2) is 11.2. The van der Waals surface area contributed by atoms with Gasteiger partial charge < -0.3 is 14.0 Å². The monoisotopic (exact) mass is 526 g/mol. The highest BCUT2D eigenvalue weighted by molar-refractivity contribution is 5.81. The molecular weight excluding hydrogens is 496 g/mol. The first-order valence-electron chi connectivity index (χ1n) is 13.3. The molecule has 1 saturated carbocycles. The fourth-order valence-electron chi connectivity index (χ4n) is 5.39. The molecule has 0 aliphatic heterocycles. The van der Waals surface area contributed by atoms with E-state index in [1.807, 2.05) is 24.3 Å². The summed E-state index contributed by atoms with van der Waals surface area (Å²) in [7, 11) is 1.62. The molecule has 5 aromatic rings. The molecule has 1 fully saturated rings. The number of nitrogens with one attached hydrogen (secondary N) is 2. The molecule has 1 aliphatic carbocycles. The zero-order valence-corrected chi connectivity index (χ0v) is 21.8. The molecule has 0 spiro atoms. The van der Waals surface area contributed by atoms with Crippen molar-refractivity contribution in [1.82, 2.24) is 40.4 Å². The van der Waals surface area contributed by atoms with E-state index in [1.165, 1.54) is 6.42 Å². The summed E-state index contributed by atoms with van der Waals surface area (Å²) in [5.41, 5.74) is 4.74. The summed E-state index contributed by atoms with van der Waals surface area (Å²) in [6, 6.07) is 16.3. The number of hydrogen-bond acceptors (Lipinski definition) is 8. The Morgan fingerprint density at radius 2 is 1.77 bits per heavy atom. The van der Waals surface area contributed by atoms with Gasteiger partial charge in [0.25, 0.3) is 11.4 Å². The number of rotatable bonds is 9. The van der Waals surface area contributed by atoms with E-state index in [2.05, 4.69) is 59.7 Å². The molecule has 2 aromatic carbocycles. The van der Waals surface area contributed by atoms with Crippen molar-refractivity contribution >= 4 is 11.0 Å². The summed E-state index contributed by atoms with van der Waals surface area (Å²) in [5.74, 6) is 2.09. The van der Waals surface area contributed by atoms with Crippen molar-refractivity contribution in [1.29, 1.82) is 0 Å². The average Bonchev–Trinajstić information content (AvgIpc) is 3.65. The summed E-state index contributed by atoms with van der Waals surface area (Å²) < 4.78 is 13.0. The van der Waals surface area contributed by atoms with Gasteiger partial charge in [-0.05, 0) is 34.7 Å². The van der Waals surface area contributed by atoms with Gasteiger partial charge in [-0.3, -0.25) is 4.79 Å². The molecule has 0 radical (unpaired) electrons. The number of ether oxygens (including phenoxy) is 2. The minimum Gasteiger partial charge on any atom is -0.473 e. The third-order valence-corrected chi connectivity index (χ3v) is 7.29. The van der Waals surface area contributed by atoms with Crippen LogP contribution in [-0.4, -0.2) is 60.7 Å². The zero-order valence-electron chi connectivity index (χ0n) is 21.8. The van der Waals surface area contributed by atoms with Crippen LogP contribution in [0.2, 0.25) is 0 Å². The van der Waals surface area contributed by atoms with E-state index >= 15 is 0 Å². The minimum atomic E-state index is -0.274. The van der Waals surface area contributed by atoms with Gasteiger partial charge in [0.2, 0.25) is 5.82 Å². The van der Waals surface area contributed by atoms with Crippen LogP contribution in [0.25, 0.3) is 33.5 Å². The maximum Gasteiger partial charge on any atom is 0.290 e. The number of hydrogen-bond donors (Lipinski definition) is 2. The van der Waals surface area contributed by atoms with Crippen LogP contribution in [0.3, 0.4) is 0 Å². The van der Waals surface area contributed by atoms with Crippen molar-refractivity contribution < 1.29 is 9.47 Å². The van der Waals surface area contributed by atoms with Crippen LogP contribution in [0.1, 0.15) is 49.4 Å². The van der Waals surface area contributed by atoms with E-state index in [0.29, 0.717) is 48.4 Å². The molecule has 11 heteroatoms. The molecular formula is C28H30N8O3. The summed E-state index contributed by atoms with van der Waals surface area (Å²) in [4.78, 5) is 18.0. The maximum absolute atomic E-state index is 13.1. The lowest BCUT2D eigenvalue weighted by Crippen LogP contribution is -2.18. The standard InChI is InChI=1S/C28H30N8O3/c1-38-15-16-39-28-23-24(27(37)32-33-28)36(26(29-23)20-7-3-2-4-8-20)17-18-11-13-19(14-12-18)21-9-5-6-10-22(21)25-30-34-35-31-25/h5-6,9-14,20H,2-4,7-8,15-17H2,1H3,(H,32,37)(H,30,31,34,35). The topological polar surface area (TPSA) is 136 Å². The van der Waals surface area contributed by atoms with Gasteiger partial charge in [0.05, 0.1) is 6.61 Å². The van der Waals surface area contributed by atoms with E-state index < -0.39 is 0 Å². The number of benzene rings is 2. The van der Waals surface area contributed by atoms with Crippen molar-refractivity contribution in [2.24, 2.45) is 0 Å². The van der Waals surface area contributed by atoms with Gasteiger partial charge in [-0.15, -0.1) is 15.3 Å². The van der Waals surface area contributed by atoms with Gasteiger partial charge >= 0.3 is 0 Å². The largest absolute Gasteiger partial charge is 0.473 e. The Balaban J connectivity index is 1.37. The number of imidazole rings is 1. The van der Waals surface area contributed by atoms with Crippen molar-refractivity contribution in [3.63, 3.8) is 0 Å². The lowest BCUT2D eigenvalue weighted by molar-refractivity contribution is 0.144. The summed E-state index contributed by atoms with van der Waals surface area (Å²) in [6.45, 7) is 1.25. The third kappa shape index (κ3) is 5.05. The molecule has 2 N–H and O–H groups in total. The van der Waals surface area contributed by atoms with Crippen LogP contribution in [-0.2, 0) is 11.3 Å².